The molecule has 0 aliphatic carbocycles. The molecule has 0 bridgehead atoms. The SMILES string of the molecule is Cc1ccccc1CNCc1ccc(C(F)(F)F)cc1. The first-order valence-electron chi connectivity index (χ1n) is 6.38. The van der Waals surface area contributed by atoms with Crippen LogP contribution in [0, 0.1) is 6.92 Å². The third kappa shape index (κ3) is 3.84. The van der Waals surface area contributed by atoms with Gasteiger partial charge in [-0.2, -0.15) is 13.2 Å². The Morgan fingerprint density at radius 2 is 1.55 bits per heavy atom. The Kier molecular flexibility index (Phi) is 4.45. The van der Waals surface area contributed by atoms with Crippen LogP contribution in [-0.2, 0) is 19.3 Å². The lowest BCUT2D eigenvalue weighted by molar-refractivity contribution is -0.137. The molecule has 0 aromatic heterocycles. The van der Waals surface area contributed by atoms with E-state index in [-0.39, 0.29) is 0 Å². The molecule has 0 heterocycles. The summed E-state index contributed by atoms with van der Waals surface area (Å²) in [5, 5.41) is 3.24. The summed E-state index contributed by atoms with van der Waals surface area (Å²) in [6.07, 6.45) is -4.27. The van der Waals surface area contributed by atoms with Crippen molar-refractivity contribution >= 4 is 0 Å². The summed E-state index contributed by atoms with van der Waals surface area (Å²) in [6, 6.07) is 13.3. The lowest BCUT2D eigenvalue weighted by Gasteiger charge is -2.09. The third-order valence-corrected chi connectivity index (χ3v) is 3.19. The van der Waals surface area contributed by atoms with Crippen LogP contribution in [0.5, 0.6) is 0 Å². The van der Waals surface area contributed by atoms with Crippen molar-refractivity contribution in [2.24, 2.45) is 0 Å². The Morgan fingerprint density at radius 1 is 0.900 bits per heavy atom. The highest BCUT2D eigenvalue weighted by molar-refractivity contribution is 5.26. The van der Waals surface area contributed by atoms with Crippen LogP contribution in [0.25, 0.3) is 0 Å². The average Bonchev–Trinajstić information content (AvgIpc) is 2.40. The number of halogens is 3. The fraction of sp³-hybridized carbons (Fsp3) is 0.250. The zero-order valence-electron chi connectivity index (χ0n) is 11.2. The van der Waals surface area contributed by atoms with Gasteiger partial charge in [0.2, 0.25) is 0 Å². The Balaban J connectivity index is 1.90. The molecule has 0 amide bonds. The summed E-state index contributed by atoms with van der Waals surface area (Å²) in [5.41, 5.74) is 2.62. The number of hydrogen-bond acceptors (Lipinski definition) is 1. The van der Waals surface area contributed by atoms with Gasteiger partial charge in [-0.05, 0) is 35.7 Å². The van der Waals surface area contributed by atoms with Gasteiger partial charge in [0.15, 0.2) is 0 Å². The Labute approximate surface area is 116 Å². The minimum absolute atomic E-state index is 0.548. The molecule has 0 fully saturated rings. The first-order chi connectivity index (χ1) is 9.47. The van der Waals surface area contributed by atoms with E-state index in [2.05, 4.69) is 5.32 Å². The smallest absolute Gasteiger partial charge is 0.309 e. The van der Waals surface area contributed by atoms with Crippen molar-refractivity contribution in [2.75, 3.05) is 0 Å². The summed E-state index contributed by atoms with van der Waals surface area (Å²) in [5.74, 6) is 0. The van der Waals surface area contributed by atoms with E-state index in [1.165, 1.54) is 23.3 Å². The number of hydrogen-bond donors (Lipinski definition) is 1. The normalized spacial score (nSPS) is 11.6. The van der Waals surface area contributed by atoms with Crippen LogP contribution in [0.3, 0.4) is 0 Å². The molecular weight excluding hydrogens is 263 g/mol. The van der Waals surface area contributed by atoms with Gasteiger partial charge in [-0.25, -0.2) is 0 Å². The largest absolute Gasteiger partial charge is 0.416 e. The van der Waals surface area contributed by atoms with Crippen molar-refractivity contribution in [2.45, 2.75) is 26.2 Å². The molecule has 20 heavy (non-hydrogen) atoms. The second kappa shape index (κ2) is 6.09. The molecular formula is C16H16F3N. The van der Waals surface area contributed by atoms with E-state index in [0.29, 0.717) is 13.1 Å². The molecule has 1 N–H and O–H groups in total. The molecule has 4 heteroatoms. The highest BCUT2D eigenvalue weighted by Crippen LogP contribution is 2.29. The number of nitrogens with one attached hydrogen (secondary N) is 1. The maximum Gasteiger partial charge on any atom is 0.416 e. The van der Waals surface area contributed by atoms with Crippen LogP contribution >= 0.6 is 0 Å². The van der Waals surface area contributed by atoms with Crippen molar-refractivity contribution in [3.05, 3.63) is 70.8 Å². The van der Waals surface area contributed by atoms with Gasteiger partial charge >= 0.3 is 6.18 Å². The van der Waals surface area contributed by atoms with Crippen LogP contribution in [0.15, 0.2) is 48.5 Å². The van der Waals surface area contributed by atoms with E-state index in [1.807, 2.05) is 31.2 Å². The van der Waals surface area contributed by atoms with Gasteiger partial charge in [0, 0.05) is 13.1 Å². The minimum atomic E-state index is -4.27. The highest BCUT2D eigenvalue weighted by Gasteiger charge is 2.29. The van der Waals surface area contributed by atoms with Crippen molar-refractivity contribution < 1.29 is 13.2 Å². The Morgan fingerprint density at radius 3 is 2.15 bits per heavy atom. The first kappa shape index (κ1) is 14.6. The molecule has 2 aromatic carbocycles. The van der Waals surface area contributed by atoms with Crippen LogP contribution in [0.2, 0.25) is 0 Å². The fourth-order valence-corrected chi connectivity index (χ4v) is 1.96. The van der Waals surface area contributed by atoms with E-state index in [4.69, 9.17) is 0 Å². The van der Waals surface area contributed by atoms with Crippen LogP contribution in [-0.4, -0.2) is 0 Å². The van der Waals surface area contributed by atoms with E-state index >= 15 is 0 Å². The summed E-state index contributed by atoms with van der Waals surface area (Å²) in [6.45, 7) is 3.29. The molecule has 0 radical (unpaired) electrons. The molecule has 0 saturated heterocycles. The second-order valence-electron chi connectivity index (χ2n) is 4.72. The van der Waals surface area contributed by atoms with Gasteiger partial charge in [-0.3, -0.25) is 0 Å². The van der Waals surface area contributed by atoms with Crippen LogP contribution < -0.4 is 5.32 Å². The van der Waals surface area contributed by atoms with E-state index in [1.54, 1.807) is 0 Å². The average molecular weight is 279 g/mol. The third-order valence-electron chi connectivity index (χ3n) is 3.19. The number of benzene rings is 2. The zero-order valence-corrected chi connectivity index (χ0v) is 11.2. The summed E-state index contributed by atoms with van der Waals surface area (Å²) < 4.78 is 37.3. The molecule has 2 aromatic rings. The number of alkyl halides is 3. The molecule has 0 spiro atoms. The maximum atomic E-state index is 12.4. The van der Waals surface area contributed by atoms with E-state index in [0.717, 1.165) is 17.7 Å². The standard InChI is InChI=1S/C16H16F3N/c1-12-4-2-3-5-14(12)11-20-10-13-6-8-15(9-7-13)16(17,18)19/h2-9,20H,10-11H2,1H3. The summed E-state index contributed by atoms with van der Waals surface area (Å²) >= 11 is 0. The first-order valence-corrected chi connectivity index (χ1v) is 6.38. The topological polar surface area (TPSA) is 12.0 Å². The van der Waals surface area contributed by atoms with Crippen LogP contribution in [0.4, 0.5) is 13.2 Å². The lowest BCUT2D eigenvalue weighted by Crippen LogP contribution is -2.13. The molecule has 106 valence electrons. The Bertz CT molecular complexity index is 559. The lowest BCUT2D eigenvalue weighted by atomic mass is 10.1. The fourth-order valence-electron chi connectivity index (χ4n) is 1.96. The van der Waals surface area contributed by atoms with Gasteiger partial charge in [0.05, 0.1) is 5.56 Å². The monoisotopic (exact) mass is 279 g/mol. The quantitative estimate of drug-likeness (QED) is 0.879. The van der Waals surface area contributed by atoms with Gasteiger partial charge < -0.3 is 5.32 Å². The molecule has 0 unspecified atom stereocenters. The van der Waals surface area contributed by atoms with Crippen LogP contribution in [0.1, 0.15) is 22.3 Å². The highest BCUT2D eigenvalue weighted by atomic mass is 19.4. The van der Waals surface area contributed by atoms with Gasteiger partial charge in [-0.1, -0.05) is 36.4 Å². The van der Waals surface area contributed by atoms with E-state index < -0.39 is 11.7 Å². The van der Waals surface area contributed by atoms with Gasteiger partial charge in [-0.15, -0.1) is 0 Å². The van der Waals surface area contributed by atoms with Gasteiger partial charge in [0.25, 0.3) is 0 Å². The molecule has 0 saturated carbocycles. The maximum absolute atomic E-state index is 12.4. The molecule has 0 aliphatic heterocycles. The van der Waals surface area contributed by atoms with Gasteiger partial charge in [0.1, 0.15) is 0 Å². The minimum Gasteiger partial charge on any atom is -0.309 e. The van der Waals surface area contributed by atoms with Crippen molar-refractivity contribution in [3.63, 3.8) is 0 Å². The van der Waals surface area contributed by atoms with Crippen molar-refractivity contribution in [1.82, 2.24) is 5.32 Å². The molecule has 0 aliphatic rings. The summed E-state index contributed by atoms with van der Waals surface area (Å²) in [4.78, 5) is 0. The van der Waals surface area contributed by atoms with Crippen molar-refractivity contribution in [1.29, 1.82) is 0 Å². The predicted octanol–water partition coefficient (Wildman–Crippen LogP) is 4.30. The number of rotatable bonds is 4. The molecule has 0 atom stereocenters. The zero-order chi connectivity index (χ0) is 14.6. The molecule has 1 nitrogen and oxygen atoms in total. The van der Waals surface area contributed by atoms with Crippen molar-refractivity contribution in [3.8, 4) is 0 Å². The summed E-state index contributed by atoms with van der Waals surface area (Å²) in [7, 11) is 0. The molecule has 2 rings (SSSR count). The predicted molar refractivity (Wildman–Crippen MR) is 73.2 cm³/mol. The number of aryl methyl sites for hydroxylation is 1. The Hall–Kier alpha value is -1.81. The second-order valence-corrected chi connectivity index (χ2v) is 4.72. The van der Waals surface area contributed by atoms with E-state index in [9.17, 15) is 13.2 Å².